The van der Waals surface area contributed by atoms with Gasteiger partial charge in [0, 0.05) is 19.7 Å². The Bertz CT molecular complexity index is 861. The molecule has 4 unspecified atom stereocenters. The van der Waals surface area contributed by atoms with Crippen molar-refractivity contribution in [3.05, 3.63) is 35.9 Å². The summed E-state index contributed by atoms with van der Waals surface area (Å²) in [6, 6.07) is 8.35. The van der Waals surface area contributed by atoms with Gasteiger partial charge in [-0.1, -0.05) is 48.7 Å². The van der Waals surface area contributed by atoms with E-state index in [1.54, 1.807) is 20.8 Å². The van der Waals surface area contributed by atoms with Crippen LogP contribution in [-0.4, -0.2) is 56.4 Å². The van der Waals surface area contributed by atoms with Gasteiger partial charge in [-0.25, -0.2) is 14.4 Å². The van der Waals surface area contributed by atoms with E-state index in [2.05, 4.69) is 10.6 Å². The third-order valence-electron chi connectivity index (χ3n) is 5.23. The molecular formula is C24H38N2O9P+. The van der Waals surface area contributed by atoms with Crippen LogP contribution in [-0.2, 0) is 39.4 Å². The first-order chi connectivity index (χ1) is 16.9. The predicted octanol–water partition coefficient (Wildman–Crippen LogP) is 3.94. The van der Waals surface area contributed by atoms with Crippen LogP contribution in [0.5, 0.6) is 0 Å². The van der Waals surface area contributed by atoms with Gasteiger partial charge in [-0.05, 0) is 43.2 Å². The van der Waals surface area contributed by atoms with Gasteiger partial charge in [0.25, 0.3) is 0 Å². The lowest BCUT2D eigenvalue weighted by molar-refractivity contribution is -0.227. The average Bonchev–Trinajstić information content (AvgIpc) is 2.82. The van der Waals surface area contributed by atoms with Crippen molar-refractivity contribution in [1.82, 2.24) is 10.6 Å². The van der Waals surface area contributed by atoms with Crippen LogP contribution in [0.2, 0.25) is 0 Å². The molecule has 202 valence electrons. The number of nitrogens with one attached hydrogen (secondary N) is 2. The standard InChI is InChI=1S/C24H37N2O9P/c1-16(2)19(26-22(29)33-15-17-11-9-8-10-12-17)18(13-14-25-21(28)34-23(3,4)5)24(32-7,35-36-30)20(27)31-6/h8-12,16,18-19,36H,13-15H2,1-7H3,(H-,25,26,28,29)/p+1. The van der Waals surface area contributed by atoms with Crippen LogP contribution in [0.25, 0.3) is 0 Å². The molecule has 0 saturated heterocycles. The van der Waals surface area contributed by atoms with Crippen LogP contribution in [0.1, 0.15) is 46.6 Å². The summed E-state index contributed by atoms with van der Waals surface area (Å²) in [5.74, 6) is -4.29. The first-order valence-corrected chi connectivity index (χ1v) is 12.3. The highest BCUT2D eigenvalue weighted by Gasteiger charge is 2.56. The number of benzene rings is 1. The molecule has 36 heavy (non-hydrogen) atoms. The first kappa shape index (κ1) is 31.3. The van der Waals surface area contributed by atoms with Crippen molar-refractivity contribution in [2.45, 2.75) is 65.1 Å². The maximum atomic E-state index is 12.8. The Morgan fingerprint density at radius 3 is 2.17 bits per heavy atom. The zero-order chi connectivity index (χ0) is 27.4. The Labute approximate surface area is 213 Å². The quantitative estimate of drug-likeness (QED) is 0.168. The summed E-state index contributed by atoms with van der Waals surface area (Å²) >= 11 is 0. The molecule has 4 atom stereocenters. The number of ether oxygens (including phenoxy) is 4. The zero-order valence-electron chi connectivity index (χ0n) is 21.9. The van der Waals surface area contributed by atoms with Crippen LogP contribution < -0.4 is 10.6 Å². The van der Waals surface area contributed by atoms with Gasteiger partial charge in [0.1, 0.15) is 12.2 Å². The summed E-state index contributed by atoms with van der Waals surface area (Å²) in [7, 11) is 0.968. The summed E-state index contributed by atoms with van der Waals surface area (Å²) in [6.45, 7) is 8.87. The lowest BCUT2D eigenvalue weighted by Gasteiger charge is -2.38. The van der Waals surface area contributed by atoms with Gasteiger partial charge in [-0.2, -0.15) is 0 Å². The molecule has 2 N–H and O–H groups in total. The number of carbonyl (C=O) groups is 3. The van der Waals surface area contributed by atoms with Crippen LogP contribution >= 0.6 is 8.69 Å². The molecule has 0 bridgehead atoms. The average molecular weight is 530 g/mol. The normalized spacial score (nSPS) is 14.9. The van der Waals surface area contributed by atoms with E-state index in [0.717, 1.165) is 12.7 Å². The zero-order valence-corrected chi connectivity index (χ0v) is 22.9. The number of hydrogen-bond acceptors (Lipinski definition) is 9. The third kappa shape index (κ3) is 9.72. The number of hydrogen-bond donors (Lipinski definition) is 2. The van der Waals surface area contributed by atoms with E-state index >= 15 is 0 Å². The highest BCUT2D eigenvalue weighted by molar-refractivity contribution is 7.17. The Hall–Kier alpha value is -2.75. The van der Waals surface area contributed by atoms with Gasteiger partial charge >= 0.3 is 32.6 Å². The summed E-state index contributed by atoms with van der Waals surface area (Å²) in [5.41, 5.74) is 0.0897. The molecule has 0 aliphatic carbocycles. The maximum absolute atomic E-state index is 12.8. The SMILES string of the molecule is COC(=O)C(OC)(O[PH+]=O)C(CCNC(=O)OC(C)(C)C)C(NC(=O)OCc1ccccc1)C(C)C. The second-order valence-electron chi connectivity index (χ2n) is 9.35. The fraction of sp³-hybridized carbons (Fsp3) is 0.625. The largest absolute Gasteiger partial charge is 0.497 e. The van der Waals surface area contributed by atoms with E-state index in [9.17, 15) is 18.9 Å². The molecule has 0 radical (unpaired) electrons. The minimum atomic E-state index is -2.13. The number of amides is 2. The predicted molar refractivity (Wildman–Crippen MR) is 133 cm³/mol. The number of alkyl carbamates (subject to hydrolysis) is 2. The molecule has 0 aliphatic rings. The molecule has 12 heteroatoms. The van der Waals surface area contributed by atoms with E-state index in [1.165, 1.54) is 7.11 Å². The molecule has 2 amide bonds. The molecule has 1 aromatic rings. The molecule has 0 saturated carbocycles. The Morgan fingerprint density at radius 1 is 1.03 bits per heavy atom. The molecule has 1 rings (SSSR count). The van der Waals surface area contributed by atoms with Crippen molar-refractivity contribution >= 4 is 26.8 Å². The topological polar surface area (TPSA) is 138 Å². The van der Waals surface area contributed by atoms with Crippen molar-refractivity contribution in [2.75, 3.05) is 20.8 Å². The van der Waals surface area contributed by atoms with E-state index in [4.69, 9.17) is 23.5 Å². The number of methoxy groups -OCH3 is 2. The Kier molecular flexibility index (Phi) is 12.8. The van der Waals surface area contributed by atoms with E-state index in [1.807, 2.05) is 44.2 Å². The van der Waals surface area contributed by atoms with Crippen LogP contribution in [0.4, 0.5) is 9.59 Å². The van der Waals surface area contributed by atoms with E-state index < -0.39 is 50.2 Å². The second kappa shape index (κ2) is 14.7. The van der Waals surface area contributed by atoms with E-state index in [-0.39, 0.29) is 25.5 Å². The lowest BCUT2D eigenvalue weighted by Crippen LogP contribution is -2.59. The Balaban J connectivity index is 3.18. The summed E-state index contributed by atoms with van der Waals surface area (Å²) in [4.78, 5) is 37.7. The highest BCUT2D eigenvalue weighted by atomic mass is 31.1. The van der Waals surface area contributed by atoms with E-state index in [0.29, 0.717) is 0 Å². The van der Waals surface area contributed by atoms with Gasteiger partial charge in [0.2, 0.25) is 0 Å². The minimum absolute atomic E-state index is 0.0248. The molecule has 0 fully saturated rings. The van der Waals surface area contributed by atoms with Crippen molar-refractivity contribution in [2.24, 2.45) is 11.8 Å². The summed E-state index contributed by atoms with van der Waals surface area (Å²) < 4.78 is 37.8. The second-order valence-corrected chi connectivity index (χ2v) is 9.72. The lowest BCUT2D eigenvalue weighted by atomic mass is 9.81. The van der Waals surface area contributed by atoms with Crippen molar-refractivity contribution in [1.29, 1.82) is 0 Å². The summed E-state index contributed by atoms with van der Waals surface area (Å²) in [6.07, 6.45) is -1.33. The van der Waals surface area contributed by atoms with Gasteiger partial charge in [0.05, 0.1) is 13.0 Å². The van der Waals surface area contributed by atoms with Crippen LogP contribution in [0.3, 0.4) is 0 Å². The van der Waals surface area contributed by atoms with Crippen molar-refractivity contribution < 1.29 is 42.4 Å². The number of carbonyl (C=O) groups excluding carboxylic acids is 3. The first-order valence-electron chi connectivity index (χ1n) is 11.5. The number of esters is 1. The number of rotatable bonds is 13. The van der Waals surface area contributed by atoms with Crippen LogP contribution in [0, 0.1) is 11.8 Å². The Morgan fingerprint density at radius 2 is 1.67 bits per heavy atom. The minimum Gasteiger partial charge on any atom is -0.465 e. The summed E-state index contributed by atoms with van der Waals surface area (Å²) in [5, 5.41) is 5.38. The van der Waals surface area contributed by atoms with Crippen molar-refractivity contribution in [3.63, 3.8) is 0 Å². The highest BCUT2D eigenvalue weighted by Crippen LogP contribution is 2.36. The fourth-order valence-electron chi connectivity index (χ4n) is 3.63. The molecular weight excluding hydrogens is 491 g/mol. The van der Waals surface area contributed by atoms with Gasteiger partial charge in [-0.3, -0.25) is 0 Å². The fourth-order valence-corrected chi connectivity index (χ4v) is 4.07. The monoisotopic (exact) mass is 529 g/mol. The maximum Gasteiger partial charge on any atom is 0.497 e. The van der Waals surface area contributed by atoms with Crippen molar-refractivity contribution in [3.8, 4) is 0 Å². The molecule has 0 spiro atoms. The molecule has 0 aromatic heterocycles. The van der Waals surface area contributed by atoms with Gasteiger partial charge < -0.3 is 29.6 Å². The molecule has 0 aliphatic heterocycles. The molecule has 11 nitrogen and oxygen atoms in total. The van der Waals surface area contributed by atoms with Crippen LogP contribution in [0.15, 0.2) is 30.3 Å². The van der Waals surface area contributed by atoms with Gasteiger partial charge in [-0.15, -0.1) is 0 Å². The smallest absolute Gasteiger partial charge is 0.465 e. The molecule has 0 heterocycles. The molecule has 1 aromatic carbocycles. The van der Waals surface area contributed by atoms with Gasteiger partial charge in [0.15, 0.2) is 0 Å². The third-order valence-corrected chi connectivity index (χ3v) is 5.61.